The molecule has 0 nitrogen and oxygen atoms in total. The maximum Gasteiger partial charge on any atom is 0.00988 e. The third kappa shape index (κ3) is 1.18. The second-order valence-corrected chi connectivity index (χ2v) is 5.00. The van der Waals surface area contributed by atoms with Crippen molar-refractivity contribution < 1.29 is 0 Å². The molecule has 0 heteroatoms. The van der Waals surface area contributed by atoms with Crippen LogP contribution in [0.3, 0.4) is 0 Å². The zero-order chi connectivity index (χ0) is 11.2. The number of rotatable bonds is 1. The van der Waals surface area contributed by atoms with E-state index in [-0.39, 0.29) is 0 Å². The molecular weight excluding hydrogens is 204 g/mol. The molecule has 0 aromatic heterocycles. The van der Waals surface area contributed by atoms with Gasteiger partial charge in [0.25, 0.3) is 0 Å². The number of hydrogen-bond acceptors (Lipinski definition) is 0. The lowest BCUT2D eigenvalue weighted by Gasteiger charge is -2.16. The average Bonchev–Trinajstić information content (AvgIpc) is 2.97. The van der Waals surface area contributed by atoms with Gasteiger partial charge in [0.1, 0.15) is 0 Å². The Bertz CT molecular complexity index is 547. The summed E-state index contributed by atoms with van der Waals surface area (Å²) in [6.07, 6.45) is 4.79. The van der Waals surface area contributed by atoms with Gasteiger partial charge in [0.2, 0.25) is 0 Å². The molecule has 82 valence electrons. The molecule has 2 aliphatic carbocycles. The smallest absolute Gasteiger partial charge is 0.00988 e. The zero-order valence-electron chi connectivity index (χ0n) is 9.58. The van der Waals surface area contributed by atoms with Crippen molar-refractivity contribution in [3.8, 4) is 0 Å². The van der Waals surface area contributed by atoms with Gasteiger partial charge in [-0.05, 0) is 16.7 Å². The van der Waals surface area contributed by atoms with E-state index in [2.05, 4.69) is 66.7 Å². The Balaban J connectivity index is 1.85. The topological polar surface area (TPSA) is 0 Å². The van der Waals surface area contributed by atoms with Gasteiger partial charge in [0.15, 0.2) is 0 Å². The molecule has 0 saturated heterocycles. The second-order valence-electron chi connectivity index (χ2n) is 5.00. The highest BCUT2D eigenvalue weighted by atomic mass is 14.4. The van der Waals surface area contributed by atoms with E-state index in [9.17, 15) is 0 Å². The van der Waals surface area contributed by atoms with Crippen LogP contribution in [0.5, 0.6) is 0 Å². The largest absolute Gasteiger partial charge is 0.0797 e. The van der Waals surface area contributed by atoms with Crippen molar-refractivity contribution in [3.05, 3.63) is 83.4 Å². The number of hydrogen-bond donors (Lipinski definition) is 0. The first kappa shape index (κ1) is 9.23. The van der Waals surface area contributed by atoms with Crippen molar-refractivity contribution >= 4 is 0 Å². The first-order chi connectivity index (χ1) is 8.45. The van der Waals surface area contributed by atoms with Gasteiger partial charge in [-0.15, -0.1) is 0 Å². The maximum atomic E-state index is 2.39. The molecule has 2 aromatic rings. The lowest BCUT2D eigenvalue weighted by molar-refractivity contribution is 0.661. The highest BCUT2D eigenvalue weighted by molar-refractivity contribution is 5.53. The van der Waals surface area contributed by atoms with Crippen molar-refractivity contribution in [2.75, 3.05) is 0 Å². The van der Waals surface area contributed by atoms with Gasteiger partial charge in [-0.25, -0.2) is 0 Å². The molecular formula is C17H14. The molecule has 0 radical (unpaired) electrons. The summed E-state index contributed by atoms with van der Waals surface area (Å²) in [4.78, 5) is 0. The van der Waals surface area contributed by atoms with Gasteiger partial charge in [0.05, 0.1) is 0 Å². The standard InChI is InChI=1S/C17H14/c1-2-6-12(7-3-1)17-15-10-11-16(17)14-9-5-4-8-13(14)15/h1-11,15-17H. The van der Waals surface area contributed by atoms with Gasteiger partial charge in [-0.1, -0.05) is 66.7 Å². The molecule has 0 saturated carbocycles. The summed E-state index contributed by atoms with van der Waals surface area (Å²) in [5, 5.41) is 0. The van der Waals surface area contributed by atoms with Crippen LogP contribution in [-0.4, -0.2) is 0 Å². The van der Waals surface area contributed by atoms with Crippen molar-refractivity contribution in [1.82, 2.24) is 0 Å². The average molecular weight is 218 g/mol. The number of benzene rings is 2. The molecule has 2 unspecified atom stereocenters. The fourth-order valence-electron chi connectivity index (χ4n) is 3.50. The second kappa shape index (κ2) is 3.33. The molecule has 0 spiro atoms. The summed E-state index contributed by atoms with van der Waals surface area (Å²) in [6, 6.07) is 19.8. The molecule has 0 amide bonds. The lowest BCUT2D eigenvalue weighted by Crippen LogP contribution is -2.02. The van der Waals surface area contributed by atoms with Crippen LogP contribution in [0.2, 0.25) is 0 Å². The van der Waals surface area contributed by atoms with E-state index >= 15 is 0 Å². The van der Waals surface area contributed by atoms with Gasteiger partial charge in [-0.3, -0.25) is 0 Å². The normalized spacial score (nSPS) is 28.4. The lowest BCUT2D eigenvalue weighted by atomic mass is 9.87. The van der Waals surface area contributed by atoms with E-state index in [0.29, 0.717) is 17.8 Å². The van der Waals surface area contributed by atoms with Gasteiger partial charge < -0.3 is 0 Å². The van der Waals surface area contributed by atoms with E-state index in [4.69, 9.17) is 0 Å². The Hall–Kier alpha value is -1.82. The highest BCUT2D eigenvalue weighted by Crippen LogP contribution is 2.57. The number of allylic oxidation sites excluding steroid dienone is 2. The summed E-state index contributed by atoms with van der Waals surface area (Å²) in [5.41, 5.74) is 4.55. The van der Waals surface area contributed by atoms with Crippen LogP contribution in [-0.2, 0) is 0 Å². The summed E-state index contributed by atoms with van der Waals surface area (Å²) in [5.74, 6) is 1.82. The SMILES string of the molecule is C1=CC2c3ccccc3C1C2c1ccccc1. The molecule has 2 bridgehead atoms. The van der Waals surface area contributed by atoms with Crippen molar-refractivity contribution in [1.29, 1.82) is 0 Å². The van der Waals surface area contributed by atoms with Gasteiger partial charge in [-0.2, -0.15) is 0 Å². The van der Waals surface area contributed by atoms with Crippen LogP contribution in [0.1, 0.15) is 34.4 Å². The van der Waals surface area contributed by atoms with Crippen LogP contribution in [0.25, 0.3) is 0 Å². The molecule has 2 atom stereocenters. The Morgan fingerprint density at radius 2 is 1.12 bits per heavy atom. The summed E-state index contributed by atoms with van der Waals surface area (Å²) >= 11 is 0. The predicted molar refractivity (Wildman–Crippen MR) is 70.2 cm³/mol. The molecule has 2 aromatic carbocycles. The summed E-state index contributed by atoms with van der Waals surface area (Å²) < 4.78 is 0. The molecule has 0 fully saturated rings. The van der Waals surface area contributed by atoms with Gasteiger partial charge in [0, 0.05) is 17.8 Å². The minimum absolute atomic E-state index is 0.596. The molecule has 0 heterocycles. The zero-order valence-corrected chi connectivity index (χ0v) is 9.58. The molecule has 0 aliphatic heterocycles. The third-order valence-electron chi connectivity index (χ3n) is 4.20. The summed E-state index contributed by atoms with van der Waals surface area (Å²) in [6.45, 7) is 0. The Kier molecular flexibility index (Phi) is 1.81. The van der Waals surface area contributed by atoms with Gasteiger partial charge >= 0.3 is 0 Å². The predicted octanol–water partition coefficient (Wildman–Crippen LogP) is 4.22. The maximum absolute atomic E-state index is 2.39. The quantitative estimate of drug-likeness (QED) is 0.629. The Morgan fingerprint density at radius 3 is 1.71 bits per heavy atom. The number of fused-ring (bicyclic) bond motifs is 5. The van der Waals surface area contributed by atoms with Crippen LogP contribution in [0, 0.1) is 0 Å². The molecule has 0 N–H and O–H groups in total. The van der Waals surface area contributed by atoms with Crippen LogP contribution < -0.4 is 0 Å². The van der Waals surface area contributed by atoms with Crippen molar-refractivity contribution in [2.45, 2.75) is 17.8 Å². The van der Waals surface area contributed by atoms with E-state index in [1.54, 1.807) is 0 Å². The fraction of sp³-hybridized carbons (Fsp3) is 0.176. The third-order valence-corrected chi connectivity index (χ3v) is 4.20. The Morgan fingerprint density at radius 1 is 0.588 bits per heavy atom. The van der Waals surface area contributed by atoms with Crippen LogP contribution >= 0.6 is 0 Å². The minimum Gasteiger partial charge on any atom is -0.0797 e. The Labute approximate surface area is 102 Å². The van der Waals surface area contributed by atoms with E-state index in [0.717, 1.165) is 0 Å². The van der Waals surface area contributed by atoms with Crippen molar-refractivity contribution in [3.63, 3.8) is 0 Å². The van der Waals surface area contributed by atoms with Crippen LogP contribution in [0.4, 0.5) is 0 Å². The first-order valence-electron chi connectivity index (χ1n) is 6.27. The van der Waals surface area contributed by atoms with Crippen molar-refractivity contribution in [2.24, 2.45) is 0 Å². The van der Waals surface area contributed by atoms with E-state index in [1.165, 1.54) is 16.7 Å². The fourth-order valence-corrected chi connectivity index (χ4v) is 3.50. The van der Waals surface area contributed by atoms with Crippen LogP contribution in [0.15, 0.2) is 66.7 Å². The first-order valence-corrected chi connectivity index (χ1v) is 6.27. The molecule has 4 rings (SSSR count). The molecule has 17 heavy (non-hydrogen) atoms. The van der Waals surface area contributed by atoms with E-state index in [1.807, 2.05) is 0 Å². The minimum atomic E-state index is 0.596. The van der Waals surface area contributed by atoms with E-state index < -0.39 is 0 Å². The monoisotopic (exact) mass is 218 g/mol. The highest BCUT2D eigenvalue weighted by Gasteiger charge is 2.42. The molecule has 2 aliphatic rings. The summed E-state index contributed by atoms with van der Waals surface area (Å²) in [7, 11) is 0.